The first-order valence-electron chi connectivity index (χ1n) is 2.71. The highest BCUT2D eigenvalue weighted by Crippen LogP contribution is 2.02. The van der Waals surface area contributed by atoms with Gasteiger partial charge in [0.1, 0.15) is 5.52 Å². The van der Waals surface area contributed by atoms with Crippen LogP contribution in [0.2, 0.25) is 0 Å². The SMILES string of the molecule is [HH].c1cnc2cn[nH]c2c1. The van der Waals surface area contributed by atoms with E-state index in [1.54, 1.807) is 12.4 Å². The fraction of sp³-hybridized carbons (Fsp3) is 0. The van der Waals surface area contributed by atoms with Gasteiger partial charge in [-0.05, 0) is 12.1 Å². The number of rotatable bonds is 0. The van der Waals surface area contributed by atoms with E-state index in [-0.39, 0.29) is 1.43 Å². The number of nitrogens with one attached hydrogen (secondary N) is 1. The van der Waals surface area contributed by atoms with Crippen LogP contribution in [-0.2, 0) is 0 Å². The fourth-order valence-electron chi connectivity index (χ4n) is 0.778. The molecule has 0 spiro atoms. The lowest BCUT2D eigenvalue weighted by molar-refractivity contribution is 1.12. The Balaban J connectivity index is 0.000000500. The molecule has 0 saturated heterocycles. The number of H-pyrrole nitrogens is 1. The van der Waals surface area contributed by atoms with Crippen LogP contribution in [0.5, 0.6) is 0 Å². The minimum Gasteiger partial charge on any atom is -0.276 e. The number of pyridine rings is 1. The summed E-state index contributed by atoms with van der Waals surface area (Å²) in [4.78, 5) is 4.05. The Morgan fingerprint density at radius 2 is 2.56 bits per heavy atom. The van der Waals surface area contributed by atoms with Crippen LogP contribution in [0.3, 0.4) is 0 Å². The van der Waals surface area contributed by atoms with Crippen molar-refractivity contribution in [1.82, 2.24) is 15.2 Å². The molecule has 0 aromatic carbocycles. The van der Waals surface area contributed by atoms with E-state index >= 15 is 0 Å². The second kappa shape index (κ2) is 1.55. The van der Waals surface area contributed by atoms with E-state index in [1.807, 2.05) is 12.1 Å². The van der Waals surface area contributed by atoms with Crippen LogP contribution < -0.4 is 0 Å². The Morgan fingerprint density at radius 1 is 1.56 bits per heavy atom. The molecule has 2 heterocycles. The van der Waals surface area contributed by atoms with Gasteiger partial charge < -0.3 is 0 Å². The molecule has 0 unspecified atom stereocenters. The number of fused-ring (bicyclic) bond motifs is 1. The Bertz CT molecular complexity index is 287. The zero-order valence-electron chi connectivity index (χ0n) is 4.70. The van der Waals surface area contributed by atoms with Crippen LogP contribution in [-0.4, -0.2) is 15.2 Å². The Kier molecular flexibility index (Phi) is 0.773. The van der Waals surface area contributed by atoms with Crippen LogP contribution in [0.25, 0.3) is 11.0 Å². The number of hydrogen-bond acceptors (Lipinski definition) is 2. The molecule has 0 atom stereocenters. The van der Waals surface area contributed by atoms with Crippen molar-refractivity contribution in [2.45, 2.75) is 0 Å². The lowest BCUT2D eigenvalue weighted by Gasteiger charge is -1.80. The van der Waals surface area contributed by atoms with Crippen LogP contribution in [0.1, 0.15) is 1.43 Å². The first kappa shape index (κ1) is 4.49. The second-order valence-electron chi connectivity index (χ2n) is 1.81. The lowest BCUT2D eigenvalue weighted by atomic mass is 10.4. The van der Waals surface area contributed by atoms with Crippen molar-refractivity contribution in [3.63, 3.8) is 0 Å². The highest BCUT2D eigenvalue weighted by atomic mass is 15.1. The van der Waals surface area contributed by atoms with Crippen molar-refractivity contribution in [2.24, 2.45) is 0 Å². The molecule has 0 amide bonds. The number of nitrogens with zero attached hydrogens (tertiary/aromatic N) is 2. The summed E-state index contributed by atoms with van der Waals surface area (Å²) in [5.74, 6) is 0. The molecular formula is C6H7N3. The van der Waals surface area contributed by atoms with Crippen molar-refractivity contribution in [3.8, 4) is 0 Å². The van der Waals surface area contributed by atoms with E-state index in [2.05, 4.69) is 15.2 Å². The van der Waals surface area contributed by atoms with Crippen LogP contribution in [0.4, 0.5) is 0 Å². The number of aromatic nitrogens is 3. The molecule has 2 rings (SSSR count). The maximum Gasteiger partial charge on any atom is 0.108 e. The molecule has 0 aliphatic carbocycles. The minimum absolute atomic E-state index is 0. The van der Waals surface area contributed by atoms with Crippen molar-refractivity contribution in [2.75, 3.05) is 0 Å². The maximum atomic E-state index is 4.05. The van der Waals surface area contributed by atoms with E-state index in [1.165, 1.54) is 0 Å². The monoisotopic (exact) mass is 121 g/mol. The van der Waals surface area contributed by atoms with Crippen LogP contribution in [0.15, 0.2) is 24.5 Å². The third-order valence-electron chi connectivity index (χ3n) is 1.21. The molecule has 0 fully saturated rings. The molecule has 0 aliphatic heterocycles. The summed E-state index contributed by atoms with van der Waals surface area (Å²) in [5.41, 5.74) is 1.90. The van der Waals surface area contributed by atoms with Crippen LogP contribution >= 0.6 is 0 Å². The topological polar surface area (TPSA) is 41.6 Å². The number of aromatic amines is 1. The van der Waals surface area contributed by atoms with Gasteiger partial charge in [-0.25, -0.2) is 0 Å². The third kappa shape index (κ3) is 0.579. The first-order chi connectivity index (χ1) is 4.47. The van der Waals surface area contributed by atoms with Gasteiger partial charge in [-0.15, -0.1) is 0 Å². The van der Waals surface area contributed by atoms with Crippen molar-refractivity contribution >= 4 is 11.0 Å². The van der Waals surface area contributed by atoms with Gasteiger partial charge in [0.15, 0.2) is 0 Å². The highest BCUT2D eigenvalue weighted by molar-refractivity contribution is 5.72. The summed E-state index contributed by atoms with van der Waals surface area (Å²) in [7, 11) is 0. The zero-order valence-corrected chi connectivity index (χ0v) is 4.70. The molecule has 0 saturated carbocycles. The molecule has 0 bridgehead atoms. The summed E-state index contributed by atoms with van der Waals surface area (Å²) in [6, 6.07) is 3.82. The van der Waals surface area contributed by atoms with Gasteiger partial charge in [0.05, 0.1) is 11.7 Å². The average molecular weight is 121 g/mol. The molecule has 0 radical (unpaired) electrons. The lowest BCUT2D eigenvalue weighted by Crippen LogP contribution is -1.69. The summed E-state index contributed by atoms with van der Waals surface area (Å²) < 4.78 is 0. The van der Waals surface area contributed by atoms with E-state index in [0.29, 0.717) is 0 Å². The molecule has 46 valence electrons. The molecule has 2 aromatic rings. The van der Waals surface area contributed by atoms with Gasteiger partial charge >= 0.3 is 0 Å². The van der Waals surface area contributed by atoms with E-state index in [0.717, 1.165) is 11.0 Å². The minimum atomic E-state index is 0. The molecule has 3 nitrogen and oxygen atoms in total. The maximum absolute atomic E-state index is 4.05. The van der Waals surface area contributed by atoms with Gasteiger partial charge in [-0.2, -0.15) is 5.10 Å². The van der Waals surface area contributed by atoms with E-state index in [9.17, 15) is 0 Å². The van der Waals surface area contributed by atoms with Gasteiger partial charge in [-0.1, -0.05) is 0 Å². The van der Waals surface area contributed by atoms with Gasteiger partial charge in [0.25, 0.3) is 0 Å². The highest BCUT2D eigenvalue weighted by Gasteiger charge is 1.89. The second-order valence-corrected chi connectivity index (χ2v) is 1.81. The van der Waals surface area contributed by atoms with Crippen molar-refractivity contribution in [1.29, 1.82) is 0 Å². The number of hydrogen-bond donors (Lipinski definition) is 1. The molecular weight excluding hydrogens is 114 g/mol. The largest absolute Gasteiger partial charge is 0.276 e. The Labute approximate surface area is 53.2 Å². The summed E-state index contributed by atoms with van der Waals surface area (Å²) in [6.45, 7) is 0. The van der Waals surface area contributed by atoms with Gasteiger partial charge in [0, 0.05) is 7.62 Å². The average Bonchev–Trinajstić information content (AvgIpc) is 2.33. The van der Waals surface area contributed by atoms with Gasteiger partial charge in [0.2, 0.25) is 0 Å². The molecule has 3 heteroatoms. The van der Waals surface area contributed by atoms with Crippen LogP contribution in [0, 0.1) is 0 Å². The first-order valence-corrected chi connectivity index (χ1v) is 2.71. The fourth-order valence-corrected chi connectivity index (χ4v) is 0.778. The van der Waals surface area contributed by atoms with E-state index < -0.39 is 0 Å². The molecule has 2 aromatic heterocycles. The Morgan fingerprint density at radius 3 is 3.44 bits per heavy atom. The quantitative estimate of drug-likeness (QED) is 0.569. The van der Waals surface area contributed by atoms with E-state index in [4.69, 9.17) is 0 Å². The summed E-state index contributed by atoms with van der Waals surface area (Å²) in [6.07, 6.45) is 3.45. The normalized spacial score (nSPS) is 10.2. The molecule has 0 aliphatic rings. The van der Waals surface area contributed by atoms with Crippen molar-refractivity contribution < 1.29 is 1.43 Å². The third-order valence-corrected chi connectivity index (χ3v) is 1.21. The predicted molar refractivity (Wildman–Crippen MR) is 36.0 cm³/mol. The molecule has 9 heavy (non-hydrogen) atoms. The van der Waals surface area contributed by atoms with Crippen molar-refractivity contribution in [3.05, 3.63) is 24.5 Å². The smallest absolute Gasteiger partial charge is 0.108 e. The van der Waals surface area contributed by atoms with Gasteiger partial charge in [-0.3, -0.25) is 10.1 Å². The predicted octanol–water partition coefficient (Wildman–Crippen LogP) is 1.20. The Hall–Kier alpha value is -1.38. The molecule has 1 N–H and O–H groups in total. The summed E-state index contributed by atoms with van der Waals surface area (Å²) >= 11 is 0. The standard InChI is InChI=1S/C6H5N3.H2/c1-2-5-6(7-3-1)4-8-9-5;/h1-4H,(H,8,9);1H. The zero-order chi connectivity index (χ0) is 6.10. The summed E-state index contributed by atoms with van der Waals surface area (Å²) in [5, 5.41) is 6.62.